The van der Waals surface area contributed by atoms with Gasteiger partial charge in [-0.2, -0.15) is 0 Å². The van der Waals surface area contributed by atoms with E-state index in [1.807, 2.05) is 12.1 Å². The van der Waals surface area contributed by atoms with Gasteiger partial charge in [0.25, 0.3) is 0 Å². The minimum Gasteiger partial charge on any atom is -0.364 e. The molecule has 0 unspecified atom stereocenters. The number of guanidine groups is 1. The van der Waals surface area contributed by atoms with Crippen LogP contribution in [0.15, 0.2) is 34.0 Å². The third-order valence-corrected chi connectivity index (χ3v) is 5.11. The summed E-state index contributed by atoms with van der Waals surface area (Å²) in [4.78, 5) is 10.8. The van der Waals surface area contributed by atoms with Gasteiger partial charge in [0.05, 0.1) is 10.9 Å². The SMILES string of the molecule is CCNC(=NCc1ccon1)N1CCN(Cc2ccc(Cl)s2)CC1. The van der Waals surface area contributed by atoms with E-state index in [1.165, 1.54) is 4.88 Å². The molecule has 130 valence electrons. The van der Waals surface area contributed by atoms with Crippen molar-refractivity contribution in [3.8, 4) is 0 Å². The predicted molar refractivity (Wildman–Crippen MR) is 97.5 cm³/mol. The van der Waals surface area contributed by atoms with Gasteiger partial charge >= 0.3 is 0 Å². The number of nitrogens with one attached hydrogen (secondary N) is 1. The van der Waals surface area contributed by atoms with Gasteiger partial charge in [0.2, 0.25) is 0 Å². The van der Waals surface area contributed by atoms with Crippen LogP contribution in [0, 0.1) is 0 Å². The number of aliphatic imine (C=N–C) groups is 1. The second-order valence-electron chi connectivity index (χ2n) is 5.63. The first-order valence-corrected chi connectivity index (χ1v) is 9.33. The molecule has 0 aliphatic carbocycles. The highest BCUT2D eigenvalue weighted by atomic mass is 35.5. The van der Waals surface area contributed by atoms with Crippen molar-refractivity contribution >= 4 is 28.9 Å². The molecule has 24 heavy (non-hydrogen) atoms. The van der Waals surface area contributed by atoms with E-state index in [9.17, 15) is 0 Å². The number of hydrogen-bond donors (Lipinski definition) is 1. The molecule has 1 aliphatic heterocycles. The monoisotopic (exact) mass is 367 g/mol. The van der Waals surface area contributed by atoms with Crippen LogP contribution in [0.4, 0.5) is 0 Å². The molecule has 0 spiro atoms. The van der Waals surface area contributed by atoms with Crippen molar-refractivity contribution in [1.82, 2.24) is 20.3 Å². The van der Waals surface area contributed by atoms with Crippen LogP contribution in [0.3, 0.4) is 0 Å². The molecule has 8 heteroatoms. The molecule has 1 saturated heterocycles. The Morgan fingerprint density at radius 2 is 2.17 bits per heavy atom. The Balaban J connectivity index is 1.53. The Labute approximate surface area is 151 Å². The molecule has 0 radical (unpaired) electrons. The van der Waals surface area contributed by atoms with Crippen LogP contribution in [0.5, 0.6) is 0 Å². The number of nitrogens with zero attached hydrogens (tertiary/aromatic N) is 4. The van der Waals surface area contributed by atoms with Crippen LogP contribution < -0.4 is 5.32 Å². The van der Waals surface area contributed by atoms with Crippen molar-refractivity contribution in [3.63, 3.8) is 0 Å². The van der Waals surface area contributed by atoms with Crippen molar-refractivity contribution in [3.05, 3.63) is 39.4 Å². The minimum absolute atomic E-state index is 0.534. The smallest absolute Gasteiger partial charge is 0.194 e. The van der Waals surface area contributed by atoms with E-state index in [2.05, 4.69) is 38.3 Å². The Morgan fingerprint density at radius 3 is 2.79 bits per heavy atom. The normalized spacial score (nSPS) is 16.6. The highest BCUT2D eigenvalue weighted by molar-refractivity contribution is 7.16. The Bertz CT molecular complexity index is 649. The lowest BCUT2D eigenvalue weighted by molar-refractivity contribution is 0.173. The van der Waals surface area contributed by atoms with Crippen LogP contribution in [0.2, 0.25) is 4.34 Å². The largest absolute Gasteiger partial charge is 0.364 e. The van der Waals surface area contributed by atoms with Gasteiger partial charge in [0, 0.05) is 50.2 Å². The van der Waals surface area contributed by atoms with Gasteiger partial charge in [0.15, 0.2) is 5.96 Å². The summed E-state index contributed by atoms with van der Waals surface area (Å²) in [5.74, 6) is 0.944. The van der Waals surface area contributed by atoms with Crippen LogP contribution >= 0.6 is 22.9 Å². The highest BCUT2D eigenvalue weighted by Crippen LogP contribution is 2.23. The first kappa shape index (κ1) is 17.3. The zero-order valence-corrected chi connectivity index (χ0v) is 15.3. The van der Waals surface area contributed by atoms with Gasteiger partial charge in [-0.05, 0) is 19.1 Å². The summed E-state index contributed by atoms with van der Waals surface area (Å²) in [6, 6.07) is 5.93. The average molecular weight is 368 g/mol. The second kappa shape index (κ2) is 8.50. The highest BCUT2D eigenvalue weighted by Gasteiger charge is 2.20. The molecular formula is C16H22ClN5OS. The van der Waals surface area contributed by atoms with Gasteiger partial charge in [-0.1, -0.05) is 16.8 Å². The van der Waals surface area contributed by atoms with Gasteiger partial charge in [-0.3, -0.25) is 4.90 Å². The fourth-order valence-electron chi connectivity index (χ4n) is 2.68. The molecule has 6 nitrogen and oxygen atoms in total. The van der Waals surface area contributed by atoms with E-state index in [0.717, 1.165) is 55.3 Å². The molecule has 1 aliphatic rings. The Hall–Kier alpha value is -1.57. The molecule has 0 amide bonds. The quantitative estimate of drug-likeness (QED) is 0.650. The summed E-state index contributed by atoms with van der Waals surface area (Å²) in [6.07, 6.45) is 1.58. The molecule has 0 aromatic carbocycles. The lowest BCUT2D eigenvalue weighted by Crippen LogP contribution is -2.52. The maximum atomic E-state index is 6.01. The molecule has 2 aromatic rings. The predicted octanol–water partition coefficient (Wildman–Crippen LogP) is 2.67. The van der Waals surface area contributed by atoms with Gasteiger partial charge in [-0.25, -0.2) is 4.99 Å². The molecule has 0 bridgehead atoms. The van der Waals surface area contributed by atoms with Gasteiger partial charge < -0.3 is 14.7 Å². The summed E-state index contributed by atoms with van der Waals surface area (Å²) in [7, 11) is 0. The molecule has 2 aromatic heterocycles. The summed E-state index contributed by atoms with van der Waals surface area (Å²) in [5.41, 5.74) is 0.846. The zero-order valence-electron chi connectivity index (χ0n) is 13.7. The van der Waals surface area contributed by atoms with Crippen molar-refractivity contribution < 1.29 is 4.52 Å². The fraction of sp³-hybridized carbons (Fsp3) is 0.500. The summed E-state index contributed by atoms with van der Waals surface area (Å²) < 4.78 is 5.72. The Kier molecular flexibility index (Phi) is 6.12. The molecule has 0 atom stereocenters. The van der Waals surface area contributed by atoms with Crippen LogP contribution in [0.25, 0.3) is 0 Å². The third-order valence-electron chi connectivity index (χ3n) is 3.90. The minimum atomic E-state index is 0.534. The third kappa shape index (κ3) is 4.72. The molecular weight excluding hydrogens is 346 g/mol. The van der Waals surface area contributed by atoms with Gasteiger partial charge in [-0.15, -0.1) is 11.3 Å². The summed E-state index contributed by atoms with van der Waals surface area (Å²) in [6.45, 7) is 8.40. The summed E-state index contributed by atoms with van der Waals surface area (Å²) >= 11 is 7.67. The first-order valence-electron chi connectivity index (χ1n) is 8.13. The average Bonchev–Trinajstić information content (AvgIpc) is 3.24. The Morgan fingerprint density at radius 1 is 1.33 bits per heavy atom. The number of halogens is 1. The number of piperazine rings is 1. The molecule has 3 rings (SSSR count). The lowest BCUT2D eigenvalue weighted by atomic mass is 10.3. The van der Waals surface area contributed by atoms with E-state index in [-0.39, 0.29) is 0 Å². The van der Waals surface area contributed by atoms with E-state index in [4.69, 9.17) is 16.1 Å². The van der Waals surface area contributed by atoms with Crippen LogP contribution in [-0.2, 0) is 13.1 Å². The maximum Gasteiger partial charge on any atom is 0.194 e. The van der Waals surface area contributed by atoms with Gasteiger partial charge in [0.1, 0.15) is 12.0 Å². The standard InChI is InChI=1S/C16H22ClN5OS/c1-2-18-16(19-11-13-5-10-23-20-13)22-8-6-21(7-9-22)12-14-3-4-15(17)24-14/h3-5,10H,2,6-9,11-12H2,1H3,(H,18,19). The number of thiophene rings is 1. The molecule has 1 N–H and O–H groups in total. The first-order chi connectivity index (χ1) is 11.7. The zero-order chi connectivity index (χ0) is 16.8. The number of hydrogen-bond acceptors (Lipinski definition) is 5. The van der Waals surface area contributed by atoms with E-state index < -0.39 is 0 Å². The maximum absolute atomic E-state index is 6.01. The van der Waals surface area contributed by atoms with Crippen LogP contribution in [0.1, 0.15) is 17.5 Å². The number of aromatic nitrogens is 1. The van der Waals surface area contributed by atoms with Crippen molar-refractivity contribution in [2.24, 2.45) is 4.99 Å². The molecule has 0 saturated carbocycles. The van der Waals surface area contributed by atoms with Crippen molar-refractivity contribution in [1.29, 1.82) is 0 Å². The van der Waals surface area contributed by atoms with Crippen LogP contribution in [-0.4, -0.2) is 53.6 Å². The van der Waals surface area contributed by atoms with E-state index in [0.29, 0.717) is 6.54 Å². The van der Waals surface area contributed by atoms with Crippen molar-refractivity contribution in [2.75, 3.05) is 32.7 Å². The summed E-state index contributed by atoms with van der Waals surface area (Å²) in [5, 5.41) is 7.27. The van der Waals surface area contributed by atoms with E-state index in [1.54, 1.807) is 17.6 Å². The number of rotatable bonds is 5. The molecule has 1 fully saturated rings. The van der Waals surface area contributed by atoms with E-state index >= 15 is 0 Å². The topological polar surface area (TPSA) is 56.9 Å². The van der Waals surface area contributed by atoms with Crippen molar-refractivity contribution in [2.45, 2.75) is 20.0 Å². The molecule has 3 heterocycles. The lowest BCUT2D eigenvalue weighted by Gasteiger charge is -2.36. The second-order valence-corrected chi connectivity index (χ2v) is 7.43. The fourth-order valence-corrected chi connectivity index (χ4v) is 3.81.